The van der Waals surface area contributed by atoms with Crippen LogP contribution in [0.1, 0.15) is 17.2 Å². The molecule has 1 atom stereocenters. The van der Waals surface area contributed by atoms with Crippen LogP contribution >= 0.6 is 27.3 Å². The number of hydrogen-bond donors (Lipinski definition) is 1. The highest BCUT2D eigenvalue weighted by Gasteiger charge is 2.48. The molecule has 140 valence electrons. The molecule has 4 rings (SSSR count). The van der Waals surface area contributed by atoms with Gasteiger partial charge < -0.3 is 5.11 Å². The highest BCUT2D eigenvalue weighted by atomic mass is 79.9. The van der Waals surface area contributed by atoms with E-state index in [1.54, 1.807) is 24.3 Å². The molecule has 0 radical (unpaired) electrons. The molecular weight excluding hydrogens is 449 g/mol. The third-order valence-corrected chi connectivity index (χ3v) is 5.46. The number of halogens is 2. The molecule has 1 amide bonds. The van der Waals surface area contributed by atoms with Crippen molar-refractivity contribution in [1.29, 1.82) is 0 Å². The van der Waals surface area contributed by atoms with Gasteiger partial charge in [0.15, 0.2) is 0 Å². The Morgan fingerprint density at radius 3 is 2.57 bits per heavy atom. The number of benzene rings is 2. The van der Waals surface area contributed by atoms with Crippen LogP contribution in [-0.4, -0.2) is 27.0 Å². The lowest BCUT2D eigenvalue weighted by atomic mass is 9.95. The molecule has 0 saturated carbocycles. The average Bonchev–Trinajstić information content (AvgIpc) is 3.29. The second-order valence-electron chi connectivity index (χ2n) is 5.95. The van der Waals surface area contributed by atoms with Gasteiger partial charge in [-0.05, 0) is 42.0 Å². The molecule has 1 aliphatic heterocycles. The van der Waals surface area contributed by atoms with E-state index in [1.807, 2.05) is 0 Å². The van der Waals surface area contributed by atoms with Crippen molar-refractivity contribution in [2.45, 2.75) is 6.04 Å². The maximum Gasteiger partial charge on any atom is 0.301 e. The summed E-state index contributed by atoms with van der Waals surface area (Å²) in [5.74, 6) is -2.52. The smallest absolute Gasteiger partial charge is 0.301 e. The standard InChI is InChI=1S/C19H11BrFN3O3S/c20-12-3-1-2-11(8-12)15-14(16(25)10-4-6-13(21)7-5-10)17(26)18(27)24(15)19-23-22-9-28-19/h1-9,15,25H/b16-14+/t15-/m0/s1. The van der Waals surface area contributed by atoms with Crippen LogP contribution in [0.25, 0.3) is 5.76 Å². The van der Waals surface area contributed by atoms with Gasteiger partial charge in [0, 0.05) is 10.0 Å². The minimum absolute atomic E-state index is 0.0927. The van der Waals surface area contributed by atoms with Crippen molar-refractivity contribution in [3.8, 4) is 0 Å². The molecule has 1 aliphatic rings. The van der Waals surface area contributed by atoms with Crippen molar-refractivity contribution >= 4 is 49.8 Å². The number of aromatic nitrogens is 2. The van der Waals surface area contributed by atoms with Crippen molar-refractivity contribution in [3.63, 3.8) is 0 Å². The number of aliphatic hydroxyl groups excluding tert-OH is 1. The molecule has 1 N–H and O–H groups in total. The van der Waals surface area contributed by atoms with E-state index in [4.69, 9.17) is 0 Å². The highest BCUT2D eigenvalue weighted by molar-refractivity contribution is 9.10. The zero-order chi connectivity index (χ0) is 19.8. The first-order valence-electron chi connectivity index (χ1n) is 8.06. The summed E-state index contributed by atoms with van der Waals surface area (Å²) in [5.41, 5.74) is 2.20. The molecule has 0 bridgehead atoms. The minimum atomic E-state index is -0.893. The SMILES string of the molecule is O=C1C(=O)N(c2nncs2)[C@@H](c2cccc(Br)c2)/C1=C(\O)c1ccc(F)cc1. The van der Waals surface area contributed by atoms with Crippen LogP contribution in [0.2, 0.25) is 0 Å². The van der Waals surface area contributed by atoms with Gasteiger partial charge in [0.25, 0.3) is 5.78 Å². The normalized spacial score (nSPS) is 18.6. The number of aliphatic hydroxyl groups is 1. The number of ketones is 1. The number of anilines is 1. The van der Waals surface area contributed by atoms with Gasteiger partial charge >= 0.3 is 5.91 Å². The maximum atomic E-state index is 13.3. The highest BCUT2D eigenvalue weighted by Crippen LogP contribution is 2.42. The molecule has 1 fully saturated rings. The number of nitrogens with zero attached hydrogens (tertiary/aromatic N) is 3. The lowest BCUT2D eigenvalue weighted by molar-refractivity contribution is -0.132. The fourth-order valence-corrected chi connectivity index (χ4v) is 4.06. The van der Waals surface area contributed by atoms with E-state index in [9.17, 15) is 19.1 Å². The summed E-state index contributed by atoms with van der Waals surface area (Å²) in [4.78, 5) is 26.8. The molecule has 0 unspecified atom stereocenters. The summed E-state index contributed by atoms with van der Waals surface area (Å²) < 4.78 is 14.0. The molecule has 1 saturated heterocycles. The topological polar surface area (TPSA) is 83.4 Å². The van der Waals surface area contributed by atoms with Gasteiger partial charge in [-0.1, -0.05) is 39.4 Å². The molecule has 2 heterocycles. The van der Waals surface area contributed by atoms with Crippen molar-refractivity contribution in [2.75, 3.05) is 4.90 Å². The van der Waals surface area contributed by atoms with Gasteiger partial charge in [-0.2, -0.15) is 0 Å². The van der Waals surface area contributed by atoms with Crippen LogP contribution in [-0.2, 0) is 9.59 Å². The molecule has 0 spiro atoms. The van der Waals surface area contributed by atoms with Crippen molar-refractivity contribution in [3.05, 3.63) is 81.0 Å². The quantitative estimate of drug-likeness (QED) is 0.362. The Labute approximate surface area is 171 Å². The summed E-state index contributed by atoms with van der Waals surface area (Å²) in [6.45, 7) is 0. The first kappa shape index (κ1) is 18.5. The zero-order valence-electron chi connectivity index (χ0n) is 14.0. The Balaban J connectivity index is 1.95. The molecule has 0 aliphatic carbocycles. The molecular formula is C19H11BrFN3O3S. The third kappa shape index (κ3) is 3.12. The lowest BCUT2D eigenvalue weighted by Crippen LogP contribution is -2.29. The van der Waals surface area contributed by atoms with Crippen molar-refractivity contribution in [1.82, 2.24) is 10.2 Å². The lowest BCUT2D eigenvalue weighted by Gasteiger charge is -2.22. The number of amides is 1. The van der Waals surface area contributed by atoms with E-state index in [2.05, 4.69) is 26.1 Å². The number of rotatable bonds is 3. The largest absolute Gasteiger partial charge is 0.507 e. The van der Waals surface area contributed by atoms with E-state index in [0.717, 1.165) is 15.8 Å². The van der Waals surface area contributed by atoms with Gasteiger partial charge in [-0.3, -0.25) is 14.5 Å². The predicted molar refractivity (Wildman–Crippen MR) is 105 cm³/mol. The third-order valence-electron chi connectivity index (χ3n) is 4.28. The fourth-order valence-electron chi connectivity index (χ4n) is 3.06. The van der Waals surface area contributed by atoms with Gasteiger partial charge in [0.1, 0.15) is 17.1 Å². The van der Waals surface area contributed by atoms with Crippen LogP contribution in [0, 0.1) is 5.82 Å². The minimum Gasteiger partial charge on any atom is -0.507 e. The maximum absolute atomic E-state index is 13.3. The second-order valence-corrected chi connectivity index (χ2v) is 7.68. The Morgan fingerprint density at radius 2 is 1.93 bits per heavy atom. The number of carbonyl (C=O) groups is 2. The number of hydrogen-bond acceptors (Lipinski definition) is 6. The van der Waals surface area contributed by atoms with E-state index in [-0.39, 0.29) is 22.0 Å². The molecule has 6 nitrogen and oxygen atoms in total. The Morgan fingerprint density at radius 1 is 1.18 bits per heavy atom. The second kappa shape index (κ2) is 7.25. The van der Waals surface area contributed by atoms with Crippen LogP contribution < -0.4 is 4.90 Å². The van der Waals surface area contributed by atoms with Gasteiger partial charge in [0.2, 0.25) is 5.13 Å². The first-order chi connectivity index (χ1) is 13.5. The monoisotopic (exact) mass is 459 g/mol. The van der Waals surface area contributed by atoms with Gasteiger partial charge in [-0.15, -0.1) is 10.2 Å². The molecule has 3 aromatic rings. The zero-order valence-corrected chi connectivity index (χ0v) is 16.4. The molecule has 28 heavy (non-hydrogen) atoms. The molecule has 9 heteroatoms. The Bertz CT molecular complexity index is 1100. The van der Waals surface area contributed by atoms with E-state index in [0.29, 0.717) is 5.56 Å². The van der Waals surface area contributed by atoms with Crippen molar-refractivity contribution in [2.24, 2.45) is 0 Å². The average molecular weight is 460 g/mol. The van der Waals surface area contributed by atoms with Gasteiger partial charge in [-0.25, -0.2) is 4.39 Å². The first-order valence-corrected chi connectivity index (χ1v) is 9.73. The van der Waals surface area contributed by atoms with E-state index in [1.165, 1.54) is 34.7 Å². The number of carbonyl (C=O) groups excluding carboxylic acids is 2. The summed E-state index contributed by atoms with van der Waals surface area (Å²) in [6.07, 6.45) is 0. The molecule has 1 aromatic heterocycles. The fraction of sp³-hybridized carbons (Fsp3) is 0.0526. The van der Waals surface area contributed by atoms with E-state index >= 15 is 0 Å². The summed E-state index contributed by atoms with van der Waals surface area (Å²) in [7, 11) is 0. The van der Waals surface area contributed by atoms with E-state index < -0.39 is 23.5 Å². The predicted octanol–water partition coefficient (Wildman–Crippen LogP) is 4.07. The van der Waals surface area contributed by atoms with Crippen molar-refractivity contribution < 1.29 is 19.1 Å². The molecule has 2 aromatic carbocycles. The number of Topliss-reactive ketones (excluding diaryl/α,β-unsaturated/α-hetero) is 1. The van der Waals surface area contributed by atoms with Crippen LogP contribution in [0.3, 0.4) is 0 Å². The van der Waals surface area contributed by atoms with Crippen LogP contribution in [0.5, 0.6) is 0 Å². The van der Waals surface area contributed by atoms with Gasteiger partial charge in [0.05, 0.1) is 11.6 Å². The summed E-state index contributed by atoms with van der Waals surface area (Å²) in [5, 5.41) is 18.7. The Kier molecular flexibility index (Phi) is 4.78. The Hall–Kier alpha value is -2.91. The summed E-state index contributed by atoms with van der Waals surface area (Å²) in [6, 6.07) is 11.2. The van der Waals surface area contributed by atoms with Crippen LogP contribution in [0.4, 0.5) is 9.52 Å². The summed E-state index contributed by atoms with van der Waals surface area (Å²) >= 11 is 4.49. The van der Waals surface area contributed by atoms with Crippen LogP contribution in [0.15, 0.2) is 64.1 Å².